The number of carbonyl (C=O) groups excluding carboxylic acids is 2. The molecule has 0 unspecified atom stereocenters. The summed E-state index contributed by atoms with van der Waals surface area (Å²) in [5.74, 6) is -2.72. The number of Topliss-reactive ketones (excluding diaryl/α,β-unsaturated/α-hetero) is 1. The van der Waals surface area contributed by atoms with Crippen LogP contribution in [0.1, 0.15) is 0 Å². The molecule has 0 bridgehead atoms. The second kappa shape index (κ2) is 16.0. The van der Waals surface area contributed by atoms with E-state index >= 15 is 0 Å². The highest BCUT2D eigenvalue weighted by molar-refractivity contribution is 8.00. The fourth-order valence-corrected chi connectivity index (χ4v) is 14.9. The van der Waals surface area contributed by atoms with Gasteiger partial charge in [0, 0.05) is 0 Å². The number of rotatable bonds is 13. The van der Waals surface area contributed by atoms with Crippen molar-refractivity contribution in [2.45, 2.75) is 0 Å². The fraction of sp³-hybridized carbons (Fsp3) is 0. The smallest absolute Gasteiger partial charge is 0.268 e. The topological polar surface area (TPSA) is 74.6 Å². The summed E-state index contributed by atoms with van der Waals surface area (Å²) in [4.78, 5) is 28.0. The van der Waals surface area contributed by atoms with Gasteiger partial charge in [-0.2, -0.15) is 0 Å². The van der Waals surface area contributed by atoms with Crippen molar-refractivity contribution in [2.24, 2.45) is 0 Å². The Hall–Kier alpha value is -5.92. The minimum Gasteiger partial charge on any atom is -0.504 e. The van der Waals surface area contributed by atoms with Crippen molar-refractivity contribution in [1.82, 2.24) is 0 Å². The first-order valence-electron chi connectivity index (χ1n) is 16.7. The van der Waals surface area contributed by atoms with Gasteiger partial charge in [-0.3, -0.25) is 9.59 Å². The van der Waals surface area contributed by atoms with Crippen LogP contribution in [0, 0.1) is 0 Å². The fourth-order valence-electron chi connectivity index (χ4n) is 6.65. The van der Waals surface area contributed by atoms with E-state index in [2.05, 4.69) is 13.2 Å². The summed E-state index contributed by atoms with van der Waals surface area (Å²) < 4.78 is 0. The number of hydrogen-bond acceptors (Lipinski definition) is 4. The molecule has 0 spiro atoms. The van der Waals surface area contributed by atoms with Crippen molar-refractivity contribution in [1.29, 1.82) is 0 Å². The lowest BCUT2D eigenvalue weighted by atomic mass is 10.2. The van der Waals surface area contributed by atoms with Crippen molar-refractivity contribution < 1.29 is 19.8 Å². The third-order valence-corrected chi connectivity index (χ3v) is 17.5. The van der Waals surface area contributed by atoms with E-state index in [4.69, 9.17) is 0 Å². The average molecular weight is 717 g/mol. The van der Waals surface area contributed by atoms with Gasteiger partial charge in [0.1, 0.15) is 51.7 Å². The average Bonchev–Trinajstić information content (AvgIpc) is 3.22. The van der Waals surface area contributed by atoms with Gasteiger partial charge < -0.3 is 10.2 Å². The Kier molecular flexibility index (Phi) is 11.0. The van der Waals surface area contributed by atoms with E-state index in [9.17, 15) is 19.8 Å². The van der Waals surface area contributed by atoms with Gasteiger partial charge in [0.25, 0.3) is 5.78 Å². The van der Waals surface area contributed by atoms with Gasteiger partial charge in [-0.1, -0.05) is 122 Å². The van der Waals surface area contributed by atoms with Gasteiger partial charge in [0.2, 0.25) is 11.5 Å². The van der Waals surface area contributed by atoms with E-state index in [0.717, 1.165) is 44.0 Å². The number of ketones is 2. The van der Waals surface area contributed by atoms with Crippen LogP contribution in [0.3, 0.4) is 0 Å². The molecule has 0 saturated carbocycles. The Morgan fingerprint density at radius 1 is 0.404 bits per heavy atom. The molecule has 6 rings (SSSR count). The summed E-state index contributed by atoms with van der Waals surface area (Å²) in [6, 6.07) is 58.3. The monoisotopic (exact) mass is 716 g/mol. The number of hydrogen-bond donors (Lipinski definition) is 2. The highest BCUT2D eigenvalue weighted by atomic mass is 31.2. The van der Waals surface area contributed by atoms with Crippen LogP contribution in [0.4, 0.5) is 0 Å². The van der Waals surface area contributed by atoms with Crippen LogP contribution in [0.15, 0.2) is 229 Å². The highest BCUT2D eigenvalue weighted by Crippen LogP contribution is 2.64. The molecule has 0 fully saturated rings. The van der Waals surface area contributed by atoms with Crippen molar-refractivity contribution in [2.75, 3.05) is 0 Å². The van der Waals surface area contributed by atoms with E-state index in [1.54, 1.807) is 0 Å². The molecule has 0 aliphatic rings. The van der Waals surface area contributed by atoms with Crippen molar-refractivity contribution >= 4 is 57.9 Å². The van der Waals surface area contributed by atoms with Crippen LogP contribution in [0.2, 0.25) is 0 Å². The summed E-state index contributed by atoms with van der Waals surface area (Å²) in [5.41, 5.74) is 0. The molecule has 6 heteroatoms. The summed E-state index contributed by atoms with van der Waals surface area (Å²) in [5, 5.41) is 29.0. The molecule has 0 saturated heterocycles. The number of allylic oxidation sites excluding steroid dienone is 4. The van der Waals surface area contributed by atoms with Gasteiger partial charge in [-0.15, -0.1) is 0 Å². The molecule has 254 valence electrons. The normalized spacial score (nSPS) is 12.2. The third kappa shape index (κ3) is 6.63. The molecule has 0 heterocycles. The van der Waals surface area contributed by atoms with E-state index in [1.807, 2.05) is 182 Å². The minimum absolute atomic E-state index is 0.157. The van der Waals surface area contributed by atoms with E-state index in [1.165, 1.54) is 0 Å². The molecule has 6 aromatic rings. The lowest BCUT2D eigenvalue weighted by Gasteiger charge is -2.28. The molecule has 0 radical (unpaired) electrons. The van der Waals surface area contributed by atoms with Crippen LogP contribution in [-0.2, 0) is 9.59 Å². The second-order valence-electron chi connectivity index (χ2n) is 12.0. The van der Waals surface area contributed by atoms with Crippen molar-refractivity contribution in [3.63, 3.8) is 0 Å². The second-order valence-corrected chi connectivity index (χ2v) is 18.9. The first-order valence-corrected chi connectivity index (χ1v) is 20.3. The molecule has 2 N–H and O–H groups in total. The lowest BCUT2D eigenvalue weighted by Crippen LogP contribution is -2.35. The molecule has 0 aliphatic heterocycles. The Morgan fingerprint density at radius 3 is 0.923 bits per heavy atom. The minimum atomic E-state index is -2.89. The maximum absolute atomic E-state index is 14.2. The van der Waals surface area contributed by atoms with Crippen molar-refractivity contribution in [3.8, 4) is 0 Å². The number of benzene rings is 6. The molecule has 6 aromatic carbocycles. The Morgan fingerprint density at radius 2 is 0.654 bits per heavy atom. The van der Waals surface area contributed by atoms with Gasteiger partial charge in [-0.25, -0.2) is 0 Å². The summed E-state index contributed by atoms with van der Waals surface area (Å²) in [7, 11) is -5.71. The number of carbonyl (C=O) groups is 2. The molecule has 52 heavy (non-hydrogen) atoms. The van der Waals surface area contributed by atoms with Crippen molar-refractivity contribution in [3.05, 3.63) is 229 Å². The first kappa shape index (κ1) is 35.9. The molecular formula is C46H38O4P2+2. The standard InChI is InChI=1S/C46H36O4P2/c1-35(51(37-21-9-3-10-22-37,38-23-11-4-12-24-38)39-25-13-5-14-26-39)45(49)43(47)33-34-44(48)46(50)36(2)52(40-27-15-6-16-28-40,41-29-17-7-18-30-41)42-31-19-8-20-32-42/h3-34H,1-2H2/p+2. The van der Waals surface area contributed by atoms with Crippen LogP contribution in [0.25, 0.3) is 0 Å². The zero-order valence-electron chi connectivity index (χ0n) is 28.5. The van der Waals surface area contributed by atoms with E-state index in [-0.39, 0.29) is 5.31 Å². The number of aliphatic hydroxyl groups excluding tert-OH is 2. The quantitative estimate of drug-likeness (QED) is 0.0418. The van der Waals surface area contributed by atoms with E-state index < -0.39 is 37.6 Å². The van der Waals surface area contributed by atoms with Gasteiger partial charge >= 0.3 is 0 Å². The van der Waals surface area contributed by atoms with Crippen LogP contribution >= 0.6 is 14.5 Å². The Balaban J connectivity index is 1.41. The predicted octanol–water partition coefficient (Wildman–Crippen LogP) is 8.02. The third-order valence-electron chi connectivity index (χ3n) is 9.07. The lowest BCUT2D eigenvalue weighted by molar-refractivity contribution is -0.131. The molecule has 0 amide bonds. The van der Waals surface area contributed by atoms with Gasteiger partial charge in [-0.05, 0) is 84.9 Å². The Labute approximate surface area is 306 Å². The van der Waals surface area contributed by atoms with Gasteiger partial charge in [0.05, 0.1) is 0 Å². The largest absolute Gasteiger partial charge is 0.504 e. The molecule has 0 aromatic heterocycles. The molecule has 4 nitrogen and oxygen atoms in total. The van der Waals surface area contributed by atoms with E-state index in [0.29, 0.717) is 5.31 Å². The molecular weight excluding hydrogens is 678 g/mol. The maximum Gasteiger partial charge on any atom is 0.268 e. The van der Waals surface area contributed by atoms with Crippen LogP contribution < -0.4 is 31.8 Å². The predicted molar refractivity (Wildman–Crippen MR) is 220 cm³/mol. The zero-order valence-corrected chi connectivity index (χ0v) is 30.3. The highest BCUT2D eigenvalue weighted by Gasteiger charge is 2.53. The zero-order chi connectivity index (χ0) is 36.6. The summed E-state index contributed by atoms with van der Waals surface area (Å²) in [6.07, 6.45) is 2.06. The number of aliphatic hydroxyl groups is 2. The van der Waals surface area contributed by atoms with Crippen LogP contribution in [0.5, 0.6) is 0 Å². The summed E-state index contributed by atoms with van der Waals surface area (Å²) in [6.45, 7) is 8.70. The van der Waals surface area contributed by atoms with Gasteiger partial charge in [0.15, 0.2) is 11.1 Å². The summed E-state index contributed by atoms with van der Waals surface area (Å²) >= 11 is 0. The van der Waals surface area contributed by atoms with Crippen LogP contribution in [-0.4, -0.2) is 21.8 Å². The molecule has 0 atom stereocenters. The Bertz CT molecular complexity index is 2060. The maximum atomic E-state index is 14.2. The molecule has 0 aliphatic carbocycles. The first-order chi connectivity index (χ1) is 25.3. The SMILES string of the molecule is C=C(C(=O)C(=O)C=CC(O)=C(O)C(=C)[P+](c1ccccc1)(c1ccccc1)c1ccccc1)[P+](c1ccccc1)(c1ccccc1)c1ccccc1.